The first kappa shape index (κ1) is 14.4. The van der Waals surface area contributed by atoms with E-state index in [-0.39, 0.29) is 6.54 Å². The fraction of sp³-hybridized carbons (Fsp3) is 0.727. The molecule has 0 aromatic carbocycles. The molecule has 1 fully saturated rings. The monoisotopic (exact) mass is 288 g/mol. The molecule has 2 rings (SSSR count). The molecule has 0 unspecified atom stereocenters. The van der Waals surface area contributed by atoms with E-state index in [1.807, 2.05) is 0 Å². The quantitative estimate of drug-likeness (QED) is 0.793. The van der Waals surface area contributed by atoms with E-state index in [9.17, 15) is 8.42 Å². The van der Waals surface area contributed by atoms with E-state index in [0.29, 0.717) is 31.3 Å². The van der Waals surface area contributed by atoms with Crippen molar-refractivity contribution in [2.75, 3.05) is 19.6 Å². The molecule has 8 heteroatoms. The lowest BCUT2D eigenvalue weighted by Crippen LogP contribution is -2.45. The smallest absolute Gasteiger partial charge is 0.279 e. The highest BCUT2D eigenvalue weighted by molar-refractivity contribution is 7.87. The van der Waals surface area contributed by atoms with Crippen LogP contribution in [0.2, 0.25) is 0 Å². The Labute approximate surface area is 113 Å². The van der Waals surface area contributed by atoms with Gasteiger partial charge in [0.1, 0.15) is 0 Å². The summed E-state index contributed by atoms with van der Waals surface area (Å²) in [6.07, 6.45) is 1.64. The third kappa shape index (κ3) is 3.75. The molecule has 0 atom stereocenters. The minimum Gasteiger partial charge on any atom is -0.360 e. The van der Waals surface area contributed by atoms with Gasteiger partial charge in [-0.1, -0.05) is 5.16 Å². The maximum absolute atomic E-state index is 12.1. The minimum absolute atomic E-state index is 0.125. The fourth-order valence-electron chi connectivity index (χ4n) is 2.14. The second-order valence-corrected chi connectivity index (χ2v) is 6.59. The predicted octanol–water partition coefficient (Wildman–Crippen LogP) is -0.0119. The van der Waals surface area contributed by atoms with Gasteiger partial charge in [0.2, 0.25) is 0 Å². The Morgan fingerprint density at radius 3 is 2.74 bits per heavy atom. The predicted molar refractivity (Wildman–Crippen MR) is 70.4 cm³/mol. The van der Waals surface area contributed by atoms with E-state index in [4.69, 9.17) is 10.3 Å². The molecule has 1 aromatic rings. The maximum atomic E-state index is 12.1. The summed E-state index contributed by atoms with van der Waals surface area (Å²) >= 11 is 0. The summed E-state index contributed by atoms with van der Waals surface area (Å²) in [6.45, 7) is 3.58. The van der Waals surface area contributed by atoms with Gasteiger partial charge in [-0.25, -0.2) is 0 Å². The van der Waals surface area contributed by atoms with Gasteiger partial charge in [0.25, 0.3) is 10.2 Å². The standard InChI is InChI=1S/C11H20N4O3S/c1-9-6-11(18-14-9)8-13-19(16,17)15-4-2-10(7-12)3-5-15/h6,10,13H,2-5,7-8,12H2,1H3. The maximum Gasteiger partial charge on any atom is 0.279 e. The average molecular weight is 288 g/mol. The van der Waals surface area contributed by atoms with Crippen LogP contribution in [0.1, 0.15) is 24.3 Å². The molecule has 7 nitrogen and oxygen atoms in total. The van der Waals surface area contributed by atoms with Crippen molar-refractivity contribution in [3.05, 3.63) is 17.5 Å². The Hall–Kier alpha value is -0.960. The van der Waals surface area contributed by atoms with Crippen LogP contribution in [0.5, 0.6) is 0 Å². The Morgan fingerprint density at radius 2 is 2.21 bits per heavy atom. The minimum atomic E-state index is -3.45. The number of nitrogens with one attached hydrogen (secondary N) is 1. The Kier molecular flexibility index (Phi) is 4.56. The van der Waals surface area contributed by atoms with Crippen LogP contribution in [0.4, 0.5) is 0 Å². The number of nitrogens with zero attached hydrogens (tertiary/aromatic N) is 2. The second kappa shape index (κ2) is 6.00. The number of aromatic nitrogens is 1. The van der Waals surface area contributed by atoms with E-state index in [1.165, 1.54) is 4.31 Å². The summed E-state index contributed by atoms with van der Waals surface area (Å²) in [5, 5.41) is 3.71. The van der Waals surface area contributed by atoms with Gasteiger partial charge in [-0.05, 0) is 32.2 Å². The molecule has 108 valence electrons. The third-order valence-electron chi connectivity index (χ3n) is 3.35. The summed E-state index contributed by atoms with van der Waals surface area (Å²) in [5.41, 5.74) is 6.33. The van der Waals surface area contributed by atoms with Crippen molar-refractivity contribution < 1.29 is 12.9 Å². The van der Waals surface area contributed by atoms with Crippen LogP contribution in [0.3, 0.4) is 0 Å². The van der Waals surface area contributed by atoms with Gasteiger partial charge < -0.3 is 10.3 Å². The lowest BCUT2D eigenvalue weighted by atomic mass is 9.99. The van der Waals surface area contributed by atoms with Crippen molar-refractivity contribution in [1.29, 1.82) is 0 Å². The van der Waals surface area contributed by atoms with E-state index >= 15 is 0 Å². The Balaban J connectivity index is 1.88. The highest BCUT2D eigenvalue weighted by Crippen LogP contribution is 2.18. The lowest BCUT2D eigenvalue weighted by Gasteiger charge is -2.30. The molecular formula is C11H20N4O3S. The summed E-state index contributed by atoms with van der Waals surface area (Å²) in [6, 6.07) is 1.71. The number of rotatable bonds is 5. The zero-order valence-electron chi connectivity index (χ0n) is 11.0. The molecule has 1 aromatic heterocycles. The highest BCUT2D eigenvalue weighted by Gasteiger charge is 2.27. The molecule has 1 saturated heterocycles. The molecule has 1 aliphatic rings. The summed E-state index contributed by atoms with van der Waals surface area (Å²) in [7, 11) is -3.45. The molecule has 0 bridgehead atoms. The number of aryl methyl sites for hydroxylation is 1. The Morgan fingerprint density at radius 1 is 1.53 bits per heavy atom. The Bertz CT molecular complexity index is 506. The molecule has 0 amide bonds. The molecule has 19 heavy (non-hydrogen) atoms. The molecule has 2 heterocycles. The van der Waals surface area contributed by atoms with Gasteiger partial charge in [0.15, 0.2) is 5.76 Å². The zero-order valence-corrected chi connectivity index (χ0v) is 11.8. The van der Waals surface area contributed by atoms with Gasteiger partial charge in [-0.15, -0.1) is 0 Å². The second-order valence-electron chi connectivity index (χ2n) is 4.84. The van der Waals surface area contributed by atoms with Crippen molar-refractivity contribution in [2.24, 2.45) is 11.7 Å². The number of piperidine rings is 1. The summed E-state index contributed by atoms with van der Waals surface area (Å²) in [4.78, 5) is 0. The van der Waals surface area contributed by atoms with Gasteiger partial charge >= 0.3 is 0 Å². The van der Waals surface area contributed by atoms with Gasteiger partial charge in [0.05, 0.1) is 12.2 Å². The van der Waals surface area contributed by atoms with E-state index in [2.05, 4.69) is 9.88 Å². The third-order valence-corrected chi connectivity index (χ3v) is 4.91. The summed E-state index contributed by atoms with van der Waals surface area (Å²) in [5.74, 6) is 0.946. The van der Waals surface area contributed by atoms with Crippen LogP contribution in [0, 0.1) is 12.8 Å². The largest absolute Gasteiger partial charge is 0.360 e. The van der Waals surface area contributed by atoms with Crippen molar-refractivity contribution in [3.63, 3.8) is 0 Å². The van der Waals surface area contributed by atoms with Crippen LogP contribution in [0.25, 0.3) is 0 Å². The van der Waals surface area contributed by atoms with Crippen molar-refractivity contribution in [2.45, 2.75) is 26.3 Å². The first-order valence-electron chi connectivity index (χ1n) is 6.38. The van der Waals surface area contributed by atoms with Crippen LogP contribution in [-0.2, 0) is 16.8 Å². The number of hydrogen-bond acceptors (Lipinski definition) is 5. The van der Waals surface area contributed by atoms with E-state index in [0.717, 1.165) is 18.5 Å². The molecule has 0 radical (unpaired) electrons. The van der Waals surface area contributed by atoms with Crippen molar-refractivity contribution in [3.8, 4) is 0 Å². The van der Waals surface area contributed by atoms with Crippen molar-refractivity contribution >= 4 is 10.2 Å². The molecular weight excluding hydrogens is 268 g/mol. The molecule has 0 spiro atoms. The van der Waals surface area contributed by atoms with Crippen molar-refractivity contribution in [1.82, 2.24) is 14.2 Å². The van der Waals surface area contributed by atoms with Gasteiger partial charge in [0, 0.05) is 19.2 Å². The first-order chi connectivity index (χ1) is 9.01. The highest BCUT2D eigenvalue weighted by atomic mass is 32.2. The topological polar surface area (TPSA) is 101 Å². The first-order valence-corrected chi connectivity index (χ1v) is 7.82. The molecule has 0 aliphatic carbocycles. The molecule has 1 aliphatic heterocycles. The number of hydrogen-bond donors (Lipinski definition) is 2. The van der Waals surface area contributed by atoms with Gasteiger partial charge in [-0.3, -0.25) is 0 Å². The molecule has 3 N–H and O–H groups in total. The number of nitrogens with two attached hydrogens (primary N) is 1. The van der Waals surface area contributed by atoms with Crippen LogP contribution in [-0.4, -0.2) is 37.5 Å². The molecule has 0 saturated carbocycles. The average Bonchev–Trinajstić information content (AvgIpc) is 2.82. The summed E-state index contributed by atoms with van der Waals surface area (Å²) < 4.78 is 33.1. The normalized spacial score (nSPS) is 18.8. The van der Waals surface area contributed by atoms with E-state index < -0.39 is 10.2 Å². The lowest BCUT2D eigenvalue weighted by molar-refractivity contribution is 0.275. The van der Waals surface area contributed by atoms with E-state index in [1.54, 1.807) is 13.0 Å². The van der Waals surface area contributed by atoms with Crippen LogP contribution in [0.15, 0.2) is 10.6 Å². The zero-order chi connectivity index (χ0) is 13.9. The van der Waals surface area contributed by atoms with Gasteiger partial charge in [-0.2, -0.15) is 17.4 Å². The SMILES string of the molecule is Cc1cc(CNS(=O)(=O)N2CCC(CN)CC2)on1. The van der Waals surface area contributed by atoms with Crippen LogP contribution < -0.4 is 10.5 Å². The van der Waals surface area contributed by atoms with Crippen LogP contribution >= 0.6 is 0 Å². The fourth-order valence-corrected chi connectivity index (χ4v) is 3.34.